The summed E-state index contributed by atoms with van der Waals surface area (Å²) in [6, 6.07) is 0. The third kappa shape index (κ3) is 2.21. The van der Waals surface area contributed by atoms with Gasteiger partial charge in [0.2, 0.25) is 5.65 Å². The Morgan fingerprint density at radius 1 is 1.24 bits per heavy atom. The van der Waals surface area contributed by atoms with Crippen LogP contribution >= 0.6 is 0 Å². The third-order valence-electron chi connectivity index (χ3n) is 3.35. The Hall–Kier alpha value is -1.88. The fourth-order valence-corrected chi connectivity index (χ4v) is 2.26. The first-order chi connectivity index (χ1) is 10.0. The number of hydrogen-bond donors (Lipinski definition) is 3. The summed E-state index contributed by atoms with van der Waals surface area (Å²) < 4.78 is 5.38. The fourth-order valence-electron chi connectivity index (χ4n) is 2.26. The number of rotatable bonds is 3. The molecule has 1 saturated heterocycles. The highest BCUT2D eigenvalue weighted by Crippen LogP contribution is 2.29. The molecule has 0 bridgehead atoms. The minimum atomic E-state index is -1.24. The van der Waals surface area contributed by atoms with Crippen molar-refractivity contribution < 1.29 is 20.1 Å². The molecular formula is C11H16N6O4. The summed E-state index contributed by atoms with van der Waals surface area (Å²) in [5.74, 6) is 0.581. The van der Waals surface area contributed by atoms with Crippen LogP contribution in [0.2, 0.25) is 0 Å². The van der Waals surface area contributed by atoms with Gasteiger partial charge in [-0.25, -0.2) is 9.97 Å². The molecule has 4 atom stereocenters. The molecule has 0 amide bonds. The van der Waals surface area contributed by atoms with Crippen molar-refractivity contribution in [2.45, 2.75) is 24.5 Å². The molecule has 1 fully saturated rings. The van der Waals surface area contributed by atoms with Crippen molar-refractivity contribution in [2.75, 3.05) is 25.6 Å². The first-order valence-electron chi connectivity index (χ1n) is 6.40. The quantitative estimate of drug-likeness (QED) is 0.583. The second kappa shape index (κ2) is 5.15. The summed E-state index contributed by atoms with van der Waals surface area (Å²) in [5.41, 5.74) is 0.812. The topological polar surface area (TPSA) is 130 Å². The molecule has 1 aliphatic heterocycles. The number of fused-ring (bicyclic) bond motifs is 1. The molecule has 3 N–H and O–H groups in total. The Balaban J connectivity index is 2.00. The lowest BCUT2D eigenvalue weighted by molar-refractivity contribution is -0.0650. The van der Waals surface area contributed by atoms with E-state index in [-0.39, 0.29) is 0 Å². The maximum atomic E-state index is 9.98. The van der Waals surface area contributed by atoms with Crippen LogP contribution in [0.1, 0.15) is 6.23 Å². The third-order valence-corrected chi connectivity index (χ3v) is 3.35. The molecule has 21 heavy (non-hydrogen) atoms. The van der Waals surface area contributed by atoms with E-state index in [4.69, 9.17) is 9.84 Å². The molecular weight excluding hydrogens is 280 g/mol. The lowest BCUT2D eigenvalue weighted by Gasteiger charge is -2.13. The van der Waals surface area contributed by atoms with Crippen molar-refractivity contribution >= 4 is 17.0 Å². The molecule has 114 valence electrons. The van der Waals surface area contributed by atoms with Gasteiger partial charge in [-0.3, -0.25) is 0 Å². The Morgan fingerprint density at radius 3 is 2.62 bits per heavy atom. The maximum Gasteiger partial charge on any atom is 0.207 e. The van der Waals surface area contributed by atoms with E-state index in [2.05, 4.69) is 20.2 Å². The van der Waals surface area contributed by atoms with Crippen LogP contribution in [0, 0.1) is 0 Å². The molecule has 0 unspecified atom stereocenters. The Bertz CT molecular complexity index is 647. The summed E-state index contributed by atoms with van der Waals surface area (Å²) in [7, 11) is 3.63. The second-order valence-electron chi connectivity index (χ2n) is 5.01. The first-order valence-corrected chi connectivity index (χ1v) is 6.40. The number of aliphatic hydroxyl groups is 3. The van der Waals surface area contributed by atoms with Crippen molar-refractivity contribution in [1.82, 2.24) is 25.0 Å². The number of aromatic nitrogens is 5. The molecule has 0 aliphatic carbocycles. The van der Waals surface area contributed by atoms with E-state index in [1.807, 2.05) is 14.1 Å². The Labute approximate surface area is 119 Å². The summed E-state index contributed by atoms with van der Waals surface area (Å²) >= 11 is 0. The normalized spacial score (nSPS) is 29.2. The van der Waals surface area contributed by atoms with Gasteiger partial charge in [0.1, 0.15) is 24.6 Å². The second-order valence-corrected chi connectivity index (χ2v) is 5.01. The van der Waals surface area contributed by atoms with Crippen LogP contribution in [0.25, 0.3) is 11.2 Å². The van der Waals surface area contributed by atoms with Gasteiger partial charge in [0.15, 0.2) is 17.6 Å². The van der Waals surface area contributed by atoms with Crippen LogP contribution in [0.5, 0.6) is 0 Å². The van der Waals surface area contributed by atoms with Crippen molar-refractivity contribution in [3.8, 4) is 0 Å². The molecule has 0 saturated carbocycles. The maximum absolute atomic E-state index is 9.98. The van der Waals surface area contributed by atoms with Gasteiger partial charge < -0.3 is 25.0 Å². The lowest BCUT2D eigenvalue weighted by atomic mass is 10.1. The molecule has 3 rings (SSSR count). The summed E-state index contributed by atoms with van der Waals surface area (Å²) in [6.07, 6.45) is -2.93. The molecule has 2 aromatic heterocycles. The van der Waals surface area contributed by atoms with Crippen LogP contribution in [0.3, 0.4) is 0 Å². The van der Waals surface area contributed by atoms with Gasteiger partial charge in [0.05, 0.1) is 6.61 Å². The standard InChI is InChI=1S/C11H16N6O4/c1-16(2)10-6-9(12-4-13-10)15-17(14-6)11-8(20)7(19)5(3-18)21-11/h4-5,7-8,11,18-20H,3H2,1-2H3/t5-,7+,8+,11+/m0/s1. The molecule has 1 aliphatic rings. The number of anilines is 1. The van der Waals surface area contributed by atoms with Crippen LogP contribution in [-0.4, -0.2) is 79.3 Å². The van der Waals surface area contributed by atoms with Gasteiger partial charge in [-0.15, -0.1) is 15.0 Å². The van der Waals surface area contributed by atoms with E-state index < -0.39 is 31.1 Å². The highest BCUT2D eigenvalue weighted by Gasteiger charge is 2.44. The van der Waals surface area contributed by atoms with Gasteiger partial charge in [0.25, 0.3) is 0 Å². The molecule has 2 aromatic rings. The molecule has 0 radical (unpaired) electrons. The van der Waals surface area contributed by atoms with Gasteiger partial charge in [-0.05, 0) is 0 Å². The minimum Gasteiger partial charge on any atom is -0.394 e. The fraction of sp³-hybridized carbons (Fsp3) is 0.636. The zero-order chi connectivity index (χ0) is 15.1. The number of ether oxygens (including phenoxy) is 1. The van der Waals surface area contributed by atoms with E-state index in [0.29, 0.717) is 17.0 Å². The van der Waals surface area contributed by atoms with Gasteiger partial charge in [-0.2, -0.15) is 0 Å². The predicted molar refractivity (Wildman–Crippen MR) is 70.5 cm³/mol. The Kier molecular flexibility index (Phi) is 3.45. The van der Waals surface area contributed by atoms with Crippen molar-refractivity contribution in [3.05, 3.63) is 6.33 Å². The summed E-state index contributed by atoms with van der Waals surface area (Å²) in [4.78, 5) is 11.0. The van der Waals surface area contributed by atoms with E-state index in [0.717, 1.165) is 4.80 Å². The van der Waals surface area contributed by atoms with Crippen molar-refractivity contribution in [3.63, 3.8) is 0 Å². The summed E-state index contributed by atoms with van der Waals surface area (Å²) in [5, 5.41) is 37.2. The van der Waals surface area contributed by atoms with Crippen LogP contribution in [-0.2, 0) is 4.74 Å². The Morgan fingerprint density at radius 2 is 2.00 bits per heavy atom. The lowest BCUT2D eigenvalue weighted by Crippen LogP contribution is -2.33. The number of aliphatic hydroxyl groups excluding tert-OH is 3. The molecule has 0 aromatic carbocycles. The first kappa shape index (κ1) is 14.1. The molecule has 10 nitrogen and oxygen atoms in total. The monoisotopic (exact) mass is 296 g/mol. The minimum absolute atomic E-state index is 0.353. The van der Waals surface area contributed by atoms with Gasteiger partial charge in [-0.1, -0.05) is 0 Å². The zero-order valence-corrected chi connectivity index (χ0v) is 11.5. The highest BCUT2D eigenvalue weighted by molar-refractivity contribution is 5.81. The summed E-state index contributed by atoms with van der Waals surface area (Å²) in [6.45, 7) is -0.404. The number of hydrogen-bond acceptors (Lipinski definition) is 9. The van der Waals surface area contributed by atoms with Gasteiger partial charge >= 0.3 is 0 Å². The van der Waals surface area contributed by atoms with Crippen LogP contribution in [0.4, 0.5) is 5.82 Å². The van der Waals surface area contributed by atoms with Gasteiger partial charge in [0, 0.05) is 14.1 Å². The van der Waals surface area contributed by atoms with Crippen LogP contribution < -0.4 is 4.90 Å². The molecule has 10 heteroatoms. The zero-order valence-electron chi connectivity index (χ0n) is 11.5. The smallest absolute Gasteiger partial charge is 0.207 e. The van der Waals surface area contributed by atoms with Crippen molar-refractivity contribution in [2.24, 2.45) is 0 Å². The van der Waals surface area contributed by atoms with E-state index in [1.165, 1.54) is 6.33 Å². The molecule has 0 spiro atoms. The average Bonchev–Trinajstić information content (AvgIpc) is 3.01. The van der Waals surface area contributed by atoms with Crippen LogP contribution in [0.15, 0.2) is 6.33 Å². The van der Waals surface area contributed by atoms with Crippen molar-refractivity contribution in [1.29, 1.82) is 0 Å². The SMILES string of the molecule is CN(C)c1ncnc2nn([C@@H]3O[C@@H](CO)[C@@H](O)[C@H]3O)nc12. The predicted octanol–water partition coefficient (Wildman–Crippen LogP) is -2.10. The van der Waals surface area contributed by atoms with E-state index in [1.54, 1.807) is 4.90 Å². The largest absolute Gasteiger partial charge is 0.394 e. The van der Waals surface area contributed by atoms with E-state index in [9.17, 15) is 10.2 Å². The number of nitrogens with zero attached hydrogens (tertiary/aromatic N) is 6. The van der Waals surface area contributed by atoms with E-state index >= 15 is 0 Å². The molecule has 3 heterocycles. The average molecular weight is 296 g/mol. The highest BCUT2D eigenvalue weighted by atomic mass is 16.6.